The molecule has 0 saturated heterocycles. The maximum absolute atomic E-state index is 12.8. The van der Waals surface area contributed by atoms with Crippen LogP contribution in [0, 0.1) is 0 Å². The minimum Gasteiger partial charge on any atom is -0.544 e. The van der Waals surface area contributed by atoms with E-state index in [-0.39, 0.29) is 42.7 Å². The fourth-order valence-corrected chi connectivity index (χ4v) is 7.34. The molecule has 0 rings (SSSR count). The van der Waals surface area contributed by atoms with Crippen molar-refractivity contribution in [3.05, 3.63) is 60.8 Å². The number of esters is 2. The third-order valence-electron chi connectivity index (χ3n) is 11.4. The van der Waals surface area contributed by atoms with Crippen LogP contribution >= 0.6 is 0 Å². The number of unbranched alkanes of at least 4 members (excludes halogenated alkanes) is 22. The predicted molar refractivity (Wildman–Crippen MR) is 263 cm³/mol. The first kappa shape index (κ1) is 60.0. The van der Waals surface area contributed by atoms with Crippen LogP contribution in [-0.4, -0.2) is 75.5 Å². The monoisotopic (exact) mass is 884 g/mol. The molecular weight excluding hydrogens is 787 g/mol. The molecule has 0 aliphatic heterocycles. The van der Waals surface area contributed by atoms with Gasteiger partial charge < -0.3 is 28.6 Å². The van der Waals surface area contributed by atoms with E-state index in [9.17, 15) is 19.5 Å². The fourth-order valence-electron chi connectivity index (χ4n) is 7.34. The molecule has 0 bridgehead atoms. The molecule has 8 nitrogen and oxygen atoms in total. The summed E-state index contributed by atoms with van der Waals surface area (Å²) in [6.07, 6.45) is 56.7. The molecule has 63 heavy (non-hydrogen) atoms. The molecule has 0 aliphatic rings. The van der Waals surface area contributed by atoms with Gasteiger partial charge in [0.05, 0.1) is 40.3 Å². The first-order chi connectivity index (χ1) is 30.6. The standard InChI is InChI=1S/C55H97NO7/c1-6-8-10-12-14-16-18-20-22-24-25-26-27-28-30-32-34-36-38-40-42-44-46-54(58)63-51(49-61-48-47-52(55(59)60)56(3,4)5)50-62-53(57)45-43-41-39-37-35-33-31-29-23-21-19-17-15-13-11-9-7-2/h14-17,20-23,25-26,51-52H,6-13,18-19,24,27-50H2,1-5H3/b16-14+,17-15+,22-20+,23-21+,26-25+. The van der Waals surface area contributed by atoms with Crippen molar-refractivity contribution in [2.24, 2.45) is 0 Å². The van der Waals surface area contributed by atoms with Crippen LogP contribution in [-0.2, 0) is 28.6 Å². The van der Waals surface area contributed by atoms with Gasteiger partial charge in [-0.15, -0.1) is 0 Å². The number of carbonyl (C=O) groups excluding carboxylic acids is 3. The molecule has 0 saturated carbocycles. The van der Waals surface area contributed by atoms with Gasteiger partial charge in [0.25, 0.3) is 0 Å². The summed E-state index contributed by atoms with van der Waals surface area (Å²) in [6.45, 7) is 4.61. The molecule has 2 atom stereocenters. The Kier molecular flexibility index (Phi) is 43.4. The highest BCUT2D eigenvalue weighted by Gasteiger charge is 2.25. The smallest absolute Gasteiger partial charge is 0.306 e. The van der Waals surface area contributed by atoms with Gasteiger partial charge in [0.1, 0.15) is 12.6 Å². The topological polar surface area (TPSA) is 102 Å². The normalized spacial score (nSPS) is 13.3. The quantitative estimate of drug-likeness (QED) is 0.0260. The molecule has 0 fully saturated rings. The van der Waals surface area contributed by atoms with Gasteiger partial charge in [-0.3, -0.25) is 9.59 Å². The molecule has 0 aliphatic carbocycles. The van der Waals surface area contributed by atoms with Crippen LogP contribution in [0.2, 0.25) is 0 Å². The third kappa shape index (κ3) is 44.0. The van der Waals surface area contributed by atoms with Crippen LogP contribution in [0.4, 0.5) is 0 Å². The number of hydrogen-bond donors (Lipinski definition) is 0. The molecule has 0 N–H and O–H groups in total. The minimum absolute atomic E-state index is 0.0346. The number of hydrogen-bond acceptors (Lipinski definition) is 7. The lowest BCUT2D eigenvalue weighted by Gasteiger charge is -2.34. The van der Waals surface area contributed by atoms with Crippen molar-refractivity contribution in [2.45, 2.75) is 231 Å². The molecule has 0 aromatic carbocycles. The highest BCUT2D eigenvalue weighted by molar-refractivity contribution is 5.70. The van der Waals surface area contributed by atoms with E-state index < -0.39 is 18.1 Å². The summed E-state index contributed by atoms with van der Waals surface area (Å²) in [5.74, 6) is -1.75. The molecule has 0 radical (unpaired) electrons. The third-order valence-corrected chi connectivity index (χ3v) is 11.4. The molecule has 0 amide bonds. The summed E-state index contributed by atoms with van der Waals surface area (Å²) in [5, 5.41) is 11.7. The zero-order chi connectivity index (χ0) is 46.3. The molecule has 8 heteroatoms. The number of allylic oxidation sites excluding steroid dienone is 10. The number of carboxylic acids is 1. The van der Waals surface area contributed by atoms with Crippen molar-refractivity contribution in [3.8, 4) is 0 Å². The Balaban J connectivity index is 4.27. The van der Waals surface area contributed by atoms with Crippen LogP contribution in [0.25, 0.3) is 0 Å². The SMILES string of the molecule is CCCCC/C=C/C/C=C/C/C=C/CCCCCCCCCCCC(=O)OC(COCCC(C(=O)[O-])[N+](C)(C)C)COC(=O)CCCCCCCCC/C=C/C/C=C/CCCCC. The van der Waals surface area contributed by atoms with Crippen molar-refractivity contribution in [1.29, 1.82) is 0 Å². The Morgan fingerprint density at radius 2 is 0.841 bits per heavy atom. The van der Waals surface area contributed by atoms with E-state index in [0.717, 1.165) is 70.6 Å². The molecular formula is C55H97NO7. The highest BCUT2D eigenvalue weighted by atomic mass is 16.6. The molecule has 0 spiro atoms. The summed E-state index contributed by atoms with van der Waals surface area (Å²) in [4.78, 5) is 37.0. The lowest BCUT2D eigenvalue weighted by atomic mass is 10.1. The number of carbonyl (C=O) groups is 3. The van der Waals surface area contributed by atoms with E-state index in [4.69, 9.17) is 14.2 Å². The second kappa shape index (κ2) is 45.6. The maximum Gasteiger partial charge on any atom is 0.306 e. The Morgan fingerprint density at radius 3 is 1.24 bits per heavy atom. The zero-order valence-electron chi connectivity index (χ0n) is 41.5. The zero-order valence-corrected chi connectivity index (χ0v) is 41.5. The summed E-state index contributed by atoms with van der Waals surface area (Å²) in [6, 6.07) is -0.730. The van der Waals surface area contributed by atoms with Crippen LogP contribution in [0.1, 0.15) is 219 Å². The summed E-state index contributed by atoms with van der Waals surface area (Å²) in [7, 11) is 5.41. The van der Waals surface area contributed by atoms with E-state index in [1.807, 2.05) is 0 Å². The van der Waals surface area contributed by atoms with Crippen molar-refractivity contribution in [3.63, 3.8) is 0 Å². The van der Waals surface area contributed by atoms with E-state index in [2.05, 4.69) is 74.6 Å². The lowest BCUT2D eigenvalue weighted by Crippen LogP contribution is -2.55. The van der Waals surface area contributed by atoms with Crippen LogP contribution < -0.4 is 5.11 Å². The molecule has 0 aromatic rings. The van der Waals surface area contributed by atoms with E-state index >= 15 is 0 Å². The predicted octanol–water partition coefficient (Wildman–Crippen LogP) is 13.6. The first-order valence-corrected chi connectivity index (χ1v) is 25.8. The number of carboxylic acid groups (broad SMARTS) is 1. The summed E-state index contributed by atoms with van der Waals surface area (Å²) in [5.41, 5.74) is 0. The first-order valence-electron chi connectivity index (χ1n) is 25.8. The van der Waals surface area contributed by atoms with Gasteiger partial charge >= 0.3 is 11.9 Å². The van der Waals surface area contributed by atoms with E-state index in [1.54, 1.807) is 21.1 Å². The van der Waals surface area contributed by atoms with Gasteiger partial charge in [-0.25, -0.2) is 0 Å². The van der Waals surface area contributed by atoms with Gasteiger partial charge in [-0.2, -0.15) is 0 Å². The summed E-state index contributed by atoms with van der Waals surface area (Å²) < 4.78 is 17.2. The second-order valence-corrected chi connectivity index (χ2v) is 18.4. The Labute approximate surface area is 388 Å². The Hall–Kier alpha value is -2.97. The van der Waals surface area contributed by atoms with Crippen LogP contribution in [0.3, 0.4) is 0 Å². The van der Waals surface area contributed by atoms with Crippen molar-refractivity contribution >= 4 is 17.9 Å². The second-order valence-electron chi connectivity index (χ2n) is 18.4. The van der Waals surface area contributed by atoms with Gasteiger partial charge in [-0.05, 0) is 83.5 Å². The summed E-state index contributed by atoms with van der Waals surface area (Å²) >= 11 is 0. The maximum atomic E-state index is 12.8. The average molecular weight is 884 g/mol. The fraction of sp³-hybridized carbons (Fsp3) is 0.764. The number of quaternary nitrogens is 1. The molecule has 0 heterocycles. The van der Waals surface area contributed by atoms with E-state index in [0.29, 0.717) is 12.8 Å². The number of ether oxygens (including phenoxy) is 3. The Morgan fingerprint density at radius 1 is 0.476 bits per heavy atom. The van der Waals surface area contributed by atoms with Gasteiger partial charge in [0, 0.05) is 19.3 Å². The van der Waals surface area contributed by atoms with E-state index in [1.165, 1.54) is 116 Å². The van der Waals surface area contributed by atoms with Crippen molar-refractivity contribution in [1.82, 2.24) is 0 Å². The lowest BCUT2D eigenvalue weighted by molar-refractivity contribution is -0.889. The largest absolute Gasteiger partial charge is 0.544 e. The number of nitrogens with zero attached hydrogens (tertiary/aromatic N) is 1. The molecule has 0 aromatic heterocycles. The minimum atomic E-state index is -1.13. The molecule has 2 unspecified atom stereocenters. The number of aliphatic carboxylic acids is 1. The molecule has 364 valence electrons. The van der Waals surface area contributed by atoms with Crippen molar-refractivity contribution < 1.29 is 38.2 Å². The van der Waals surface area contributed by atoms with Crippen molar-refractivity contribution in [2.75, 3.05) is 41.0 Å². The van der Waals surface area contributed by atoms with Gasteiger partial charge in [-0.1, -0.05) is 177 Å². The van der Waals surface area contributed by atoms with Crippen LogP contribution in [0.5, 0.6) is 0 Å². The Bertz CT molecular complexity index is 1210. The number of likely N-dealkylation sites (N-methyl/N-ethyl adjacent to an activating group) is 1. The van der Waals surface area contributed by atoms with Crippen LogP contribution in [0.15, 0.2) is 60.8 Å². The van der Waals surface area contributed by atoms with Gasteiger partial charge in [0.15, 0.2) is 6.10 Å². The van der Waals surface area contributed by atoms with Gasteiger partial charge in [0.2, 0.25) is 0 Å². The number of rotatable bonds is 46. The highest BCUT2D eigenvalue weighted by Crippen LogP contribution is 2.15. The average Bonchev–Trinajstić information content (AvgIpc) is 3.24.